The molecule has 1 aromatic carbocycles. The summed E-state index contributed by atoms with van der Waals surface area (Å²) in [6.45, 7) is 1.38. The second-order valence-corrected chi connectivity index (χ2v) is 6.00. The van der Waals surface area contributed by atoms with Gasteiger partial charge in [-0.2, -0.15) is 5.10 Å². The highest BCUT2D eigenvalue weighted by molar-refractivity contribution is 5.88. The zero-order chi connectivity index (χ0) is 17.1. The number of nitrogens with one attached hydrogen (secondary N) is 1. The third-order valence-corrected chi connectivity index (χ3v) is 4.41. The monoisotopic (exact) mass is 337 g/mol. The molecule has 1 N–H and O–H groups in total. The Morgan fingerprint density at radius 2 is 1.92 bits per heavy atom. The first kappa shape index (κ1) is 15.4. The molecule has 1 fully saturated rings. The Morgan fingerprint density at radius 3 is 2.64 bits per heavy atom. The maximum atomic E-state index is 12.4. The van der Waals surface area contributed by atoms with Crippen LogP contribution in [0.3, 0.4) is 0 Å². The van der Waals surface area contributed by atoms with Gasteiger partial charge in [0.05, 0.1) is 11.7 Å². The van der Waals surface area contributed by atoms with E-state index in [0.717, 1.165) is 18.5 Å². The zero-order valence-corrected chi connectivity index (χ0v) is 13.7. The van der Waals surface area contributed by atoms with Crippen LogP contribution in [-0.2, 0) is 0 Å². The molecule has 4 rings (SSSR count). The van der Waals surface area contributed by atoms with Gasteiger partial charge in [0.15, 0.2) is 5.82 Å². The first-order valence-electron chi connectivity index (χ1n) is 8.31. The van der Waals surface area contributed by atoms with Crippen molar-refractivity contribution in [2.45, 2.75) is 18.9 Å². The Kier molecular flexibility index (Phi) is 4.16. The number of nitrogens with zero attached hydrogens (tertiary/aromatic N) is 6. The first-order chi connectivity index (χ1) is 12.3. The number of benzene rings is 1. The molecule has 0 spiro atoms. The van der Waals surface area contributed by atoms with Crippen molar-refractivity contribution in [3.63, 3.8) is 0 Å². The Bertz CT molecular complexity index is 820. The van der Waals surface area contributed by atoms with Gasteiger partial charge in [-0.25, -0.2) is 19.1 Å². The highest BCUT2D eigenvalue weighted by Crippen LogP contribution is 2.21. The van der Waals surface area contributed by atoms with E-state index in [1.165, 1.54) is 0 Å². The molecule has 8 heteroatoms. The van der Waals surface area contributed by atoms with Gasteiger partial charge in [-0.1, -0.05) is 18.2 Å². The van der Waals surface area contributed by atoms with Crippen molar-refractivity contribution in [3.05, 3.63) is 55.2 Å². The zero-order valence-electron chi connectivity index (χ0n) is 13.7. The summed E-state index contributed by atoms with van der Waals surface area (Å²) in [5.74, 6) is 0.548. The molecule has 1 aliphatic rings. The van der Waals surface area contributed by atoms with Crippen molar-refractivity contribution in [2.24, 2.45) is 0 Å². The lowest BCUT2D eigenvalue weighted by Gasteiger charge is -2.31. The number of aromatic nitrogens is 5. The molecule has 0 saturated carbocycles. The van der Waals surface area contributed by atoms with Crippen molar-refractivity contribution >= 4 is 11.8 Å². The standard InChI is InChI=1S/C17H19N7O/c25-17(22-9-6-15(7-10-22)24-13-18-12-19-24)20-16-8-11-23(21-16)14-4-2-1-3-5-14/h1-5,8,11-13,15H,6-7,9-10H2,(H,20,21,25). The molecule has 1 saturated heterocycles. The van der Waals surface area contributed by atoms with Gasteiger partial charge in [0.25, 0.3) is 0 Å². The summed E-state index contributed by atoms with van der Waals surface area (Å²) in [6.07, 6.45) is 6.85. The van der Waals surface area contributed by atoms with E-state index in [1.54, 1.807) is 23.4 Å². The number of hydrogen-bond acceptors (Lipinski definition) is 4. The average molecular weight is 337 g/mol. The summed E-state index contributed by atoms with van der Waals surface area (Å²) in [6, 6.07) is 11.8. The molecule has 3 aromatic rings. The summed E-state index contributed by atoms with van der Waals surface area (Å²) >= 11 is 0. The van der Waals surface area contributed by atoms with Crippen LogP contribution in [0.4, 0.5) is 10.6 Å². The molecule has 0 atom stereocenters. The van der Waals surface area contributed by atoms with Crippen molar-refractivity contribution in [1.82, 2.24) is 29.4 Å². The third-order valence-electron chi connectivity index (χ3n) is 4.41. The second-order valence-electron chi connectivity index (χ2n) is 6.00. The second kappa shape index (κ2) is 6.76. The predicted octanol–water partition coefficient (Wildman–Crippen LogP) is 2.33. The maximum Gasteiger partial charge on any atom is 0.323 e. The van der Waals surface area contributed by atoms with Crippen LogP contribution in [0.5, 0.6) is 0 Å². The maximum absolute atomic E-state index is 12.4. The van der Waals surface area contributed by atoms with E-state index in [2.05, 4.69) is 20.5 Å². The van der Waals surface area contributed by atoms with Crippen LogP contribution in [0.15, 0.2) is 55.2 Å². The van der Waals surface area contributed by atoms with Gasteiger partial charge in [0.1, 0.15) is 12.7 Å². The van der Waals surface area contributed by atoms with Crippen LogP contribution in [0.1, 0.15) is 18.9 Å². The molecule has 2 amide bonds. The summed E-state index contributed by atoms with van der Waals surface area (Å²) < 4.78 is 3.61. The molecule has 2 aromatic heterocycles. The van der Waals surface area contributed by atoms with Crippen LogP contribution in [-0.4, -0.2) is 48.6 Å². The molecule has 128 valence electrons. The van der Waals surface area contributed by atoms with E-state index < -0.39 is 0 Å². The number of urea groups is 1. The smallest absolute Gasteiger partial charge is 0.323 e. The summed E-state index contributed by atoms with van der Waals surface area (Å²) in [5, 5.41) is 11.5. The Labute approximate surface area is 145 Å². The van der Waals surface area contributed by atoms with E-state index >= 15 is 0 Å². The molecule has 8 nitrogen and oxygen atoms in total. The van der Waals surface area contributed by atoms with Gasteiger partial charge in [-0.15, -0.1) is 5.10 Å². The van der Waals surface area contributed by atoms with Crippen molar-refractivity contribution in [1.29, 1.82) is 0 Å². The Morgan fingerprint density at radius 1 is 1.12 bits per heavy atom. The van der Waals surface area contributed by atoms with Gasteiger partial charge < -0.3 is 4.90 Å². The van der Waals surface area contributed by atoms with Gasteiger partial charge >= 0.3 is 6.03 Å². The van der Waals surface area contributed by atoms with E-state index in [4.69, 9.17) is 0 Å². The highest BCUT2D eigenvalue weighted by atomic mass is 16.2. The number of para-hydroxylation sites is 1. The number of anilines is 1. The van der Waals surface area contributed by atoms with Crippen molar-refractivity contribution in [3.8, 4) is 5.69 Å². The summed E-state index contributed by atoms with van der Waals surface area (Å²) in [7, 11) is 0. The van der Waals surface area contributed by atoms with E-state index in [0.29, 0.717) is 24.9 Å². The Balaban J connectivity index is 1.34. The lowest BCUT2D eigenvalue weighted by Crippen LogP contribution is -2.41. The average Bonchev–Trinajstić information content (AvgIpc) is 3.35. The summed E-state index contributed by atoms with van der Waals surface area (Å²) in [5.41, 5.74) is 0.955. The van der Waals surface area contributed by atoms with Crippen LogP contribution in [0.2, 0.25) is 0 Å². The van der Waals surface area contributed by atoms with Crippen LogP contribution < -0.4 is 5.32 Å². The number of hydrogen-bond donors (Lipinski definition) is 1. The number of amides is 2. The van der Waals surface area contributed by atoms with Gasteiger partial charge in [0.2, 0.25) is 0 Å². The summed E-state index contributed by atoms with van der Waals surface area (Å²) in [4.78, 5) is 18.2. The topological polar surface area (TPSA) is 80.9 Å². The molecule has 25 heavy (non-hydrogen) atoms. The van der Waals surface area contributed by atoms with Gasteiger partial charge in [0, 0.05) is 25.4 Å². The quantitative estimate of drug-likeness (QED) is 0.795. The van der Waals surface area contributed by atoms with Crippen LogP contribution >= 0.6 is 0 Å². The molecule has 1 aliphatic heterocycles. The molecule has 3 heterocycles. The first-order valence-corrected chi connectivity index (χ1v) is 8.31. The predicted molar refractivity (Wildman–Crippen MR) is 92.4 cm³/mol. The molecule has 0 unspecified atom stereocenters. The fourth-order valence-electron chi connectivity index (χ4n) is 3.04. The molecular formula is C17H19N7O. The molecular weight excluding hydrogens is 318 g/mol. The highest BCUT2D eigenvalue weighted by Gasteiger charge is 2.24. The van der Waals surface area contributed by atoms with Gasteiger partial charge in [-0.3, -0.25) is 5.32 Å². The minimum absolute atomic E-state index is 0.115. The lowest BCUT2D eigenvalue weighted by atomic mass is 10.1. The lowest BCUT2D eigenvalue weighted by molar-refractivity contribution is 0.180. The number of rotatable bonds is 3. The number of carbonyl (C=O) groups excluding carboxylic acids is 1. The minimum Gasteiger partial charge on any atom is -0.324 e. The minimum atomic E-state index is -0.115. The number of piperidine rings is 1. The molecule has 0 radical (unpaired) electrons. The van der Waals surface area contributed by atoms with Crippen LogP contribution in [0, 0.1) is 0 Å². The SMILES string of the molecule is O=C(Nc1ccn(-c2ccccc2)n1)N1CCC(n2cncn2)CC1. The number of likely N-dealkylation sites (tertiary alicyclic amines) is 1. The fraction of sp³-hybridized carbons (Fsp3) is 0.294. The van der Waals surface area contributed by atoms with Crippen LogP contribution in [0.25, 0.3) is 5.69 Å². The normalized spacial score (nSPS) is 15.3. The third kappa shape index (κ3) is 3.37. The van der Waals surface area contributed by atoms with Crippen molar-refractivity contribution < 1.29 is 4.79 Å². The van der Waals surface area contributed by atoms with Crippen molar-refractivity contribution in [2.75, 3.05) is 18.4 Å². The van der Waals surface area contributed by atoms with E-state index in [1.807, 2.05) is 46.1 Å². The van der Waals surface area contributed by atoms with E-state index in [-0.39, 0.29) is 6.03 Å². The largest absolute Gasteiger partial charge is 0.324 e. The van der Waals surface area contributed by atoms with Gasteiger partial charge in [-0.05, 0) is 25.0 Å². The Hall–Kier alpha value is -3.16. The fourth-order valence-corrected chi connectivity index (χ4v) is 3.04. The molecule has 0 bridgehead atoms. The van der Waals surface area contributed by atoms with E-state index in [9.17, 15) is 4.79 Å². The molecule has 0 aliphatic carbocycles. The number of carbonyl (C=O) groups is 1.